The first kappa shape index (κ1) is 13.7. The van der Waals surface area contributed by atoms with Gasteiger partial charge in [0.05, 0.1) is 6.61 Å². The third kappa shape index (κ3) is 4.25. The second kappa shape index (κ2) is 6.39. The lowest BCUT2D eigenvalue weighted by molar-refractivity contribution is -0.152. The van der Waals surface area contributed by atoms with Crippen LogP contribution in [-0.4, -0.2) is 24.4 Å². The molecular formula is C12H14N2O4. The van der Waals surface area contributed by atoms with Crippen molar-refractivity contribution < 1.29 is 19.1 Å². The lowest BCUT2D eigenvalue weighted by Crippen LogP contribution is -2.24. The maximum Gasteiger partial charge on any atom is 0.397 e. The van der Waals surface area contributed by atoms with Crippen LogP contribution in [0.5, 0.6) is 0 Å². The highest BCUT2D eigenvalue weighted by Gasteiger charge is 2.14. The van der Waals surface area contributed by atoms with Crippen LogP contribution in [0.2, 0.25) is 0 Å². The highest BCUT2D eigenvalue weighted by Crippen LogP contribution is 2.13. The molecule has 0 spiro atoms. The van der Waals surface area contributed by atoms with Crippen molar-refractivity contribution in [2.45, 2.75) is 13.8 Å². The Morgan fingerprint density at radius 2 is 1.56 bits per heavy atom. The van der Waals surface area contributed by atoms with Crippen LogP contribution < -0.4 is 10.6 Å². The van der Waals surface area contributed by atoms with E-state index in [0.29, 0.717) is 11.4 Å². The van der Waals surface area contributed by atoms with Gasteiger partial charge in [0.25, 0.3) is 0 Å². The smallest absolute Gasteiger partial charge is 0.397 e. The molecule has 0 aliphatic rings. The number of carbonyl (C=O) groups excluding carboxylic acids is 3. The molecule has 6 nitrogen and oxygen atoms in total. The minimum Gasteiger partial charge on any atom is -0.459 e. The number of amides is 2. The molecule has 0 unspecified atom stereocenters. The molecule has 0 fully saturated rings. The standard InChI is InChI=1S/C12H14N2O4/c1-3-18-12(17)11(16)14-10-6-4-9(5-7-10)13-8(2)15/h4-7H,3H2,1-2H3,(H,13,15)(H,14,16). The van der Waals surface area contributed by atoms with E-state index in [9.17, 15) is 14.4 Å². The lowest BCUT2D eigenvalue weighted by Gasteiger charge is -2.06. The van der Waals surface area contributed by atoms with E-state index in [1.165, 1.54) is 6.92 Å². The van der Waals surface area contributed by atoms with Crippen LogP contribution in [0.4, 0.5) is 11.4 Å². The van der Waals surface area contributed by atoms with Gasteiger partial charge in [-0.25, -0.2) is 4.79 Å². The average Bonchev–Trinajstić information content (AvgIpc) is 2.31. The fourth-order valence-corrected chi connectivity index (χ4v) is 1.22. The number of nitrogens with one attached hydrogen (secondary N) is 2. The summed E-state index contributed by atoms with van der Waals surface area (Å²) in [6.45, 7) is 3.16. The molecule has 0 atom stereocenters. The molecule has 0 radical (unpaired) electrons. The number of anilines is 2. The largest absolute Gasteiger partial charge is 0.459 e. The third-order valence-corrected chi connectivity index (χ3v) is 1.92. The summed E-state index contributed by atoms with van der Waals surface area (Å²) in [4.78, 5) is 33.2. The normalized spacial score (nSPS) is 9.44. The number of rotatable bonds is 3. The van der Waals surface area contributed by atoms with Crippen molar-refractivity contribution in [3.8, 4) is 0 Å². The third-order valence-electron chi connectivity index (χ3n) is 1.92. The van der Waals surface area contributed by atoms with Gasteiger partial charge < -0.3 is 15.4 Å². The van der Waals surface area contributed by atoms with E-state index in [1.807, 2.05) is 0 Å². The van der Waals surface area contributed by atoms with Crippen LogP contribution in [0.1, 0.15) is 13.8 Å². The van der Waals surface area contributed by atoms with Gasteiger partial charge in [-0.15, -0.1) is 0 Å². The molecule has 2 amide bonds. The maximum atomic E-state index is 11.3. The van der Waals surface area contributed by atoms with E-state index in [4.69, 9.17) is 0 Å². The molecule has 96 valence electrons. The van der Waals surface area contributed by atoms with Crippen LogP contribution in [0.25, 0.3) is 0 Å². The second-order valence-electron chi connectivity index (χ2n) is 3.43. The number of hydrogen-bond donors (Lipinski definition) is 2. The Bertz CT molecular complexity index is 454. The van der Waals surface area contributed by atoms with Crippen LogP contribution in [0.15, 0.2) is 24.3 Å². The number of esters is 1. The fraction of sp³-hybridized carbons (Fsp3) is 0.250. The average molecular weight is 250 g/mol. The zero-order valence-electron chi connectivity index (χ0n) is 10.1. The number of hydrogen-bond acceptors (Lipinski definition) is 4. The summed E-state index contributed by atoms with van der Waals surface area (Å²) in [5, 5.41) is 4.97. The quantitative estimate of drug-likeness (QED) is 0.622. The predicted molar refractivity (Wildman–Crippen MR) is 66.0 cm³/mol. The van der Waals surface area contributed by atoms with Crippen molar-refractivity contribution in [3.05, 3.63) is 24.3 Å². The molecule has 18 heavy (non-hydrogen) atoms. The summed E-state index contributed by atoms with van der Waals surface area (Å²) in [5.41, 5.74) is 1.05. The molecule has 6 heteroatoms. The molecule has 2 N–H and O–H groups in total. The van der Waals surface area contributed by atoms with E-state index in [1.54, 1.807) is 31.2 Å². The fourth-order valence-electron chi connectivity index (χ4n) is 1.22. The maximum absolute atomic E-state index is 11.3. The molecule has 0 aliphatic heterocycles. The highest BCUT2D eigenvalue weighted by molar-refractivity contribution is 6.37. The summed E-state index contributed by atoms with van der Waals surface area (Å²) >= 11 is 0. The first-order chi connectivity index (χ1) is 8.52. The van der Waals surface area contributed by atoms with Gasteiger partial charge in [0.15, 0.2) is 0 Å². The molecular weight excluding hydrogens is 236 g/mol. The zero-order valence-corrected chi connectivity index (χ0v) is 10.1. The van der Waals surface area contributed by atoms with Crippen LogP contribution in [0.3, 0.4) is 0 Å². The van der Waals surface area contributed by atoms with Gasteiger partial charge >= 0.3 is 11.9 Å². The first-order valence-corrected chi connectivity index (χ1v) is 5.38. The summed E-state index contributed by atoms with van der Waals surface area (Å²) in [5.74, 6) is -1.94. The van der Waals surface area contributed by atoms with E-state index in [2.05, 4.69) is 15.4 Å². The first-order valence-electron chi connectivity index (χ1n) is 5.38. The molecule has 0 bridgehead atoms. The Hall–Kier alpha value is -2.37. The summed E-state index contributed by atoms with van der Waals surface area (Å²) < 4.78 is 4.54. The van der Waals surface area contributed by atoms with Crippen LogP contribution >= 0.6 is 0 Å². The van der Waals surface area contributed by atoms with Crippen molar-refractivity contribution in [1.82, 2.24) is 0 Å². The predicted octanol–water partition coefficient (Wildman–Crippen LogP) is 1.15. The van der Waals surface area contributed by atoms with Crippen molar-refractivity contribution in [2.75, 3.05) is 17.2 Å². The monoisotopic (exact) mass is 250 g/mol. The minimum atomic E-state index is -0.927. The number of benzene rings is 1. The van der Waals surface area contributed by atoms with Gasteiger partial charge in [-0.1, -0.05) is 0 Å². The van der Waals surface area contributed by atoms with Crippen LogP contribution in [0, 0.1) is 0 Å². The second-order valence-corrected chi connectivity index (χ2v) is 3.43. The summed E-state index contributed by atoms with van der Waals surface area (Å²) in [6, 6.07) is 6.37. The van der Waals surface area contributed by atoms with E-state index < -0.39 is 11.9 Å². The Kier molecular flexibility index (Phi) is 4.86. The Balaban J connectivity index is 2.61. The Labute approximate surface area is 104 Å². The van der Waals surface area contributed by atoms with Gasteiger partial charge in [0.1, 0.15) is 0 Å². The van der Waals surface area contributed by atoms with Crippen molar-refractivity contribution >= 4 is 29.2 Å². The molecule has 0 aliphatic carbocycles. The van der Waals surface area contributed by atoms with Gasteiger partial charge in [0, 0.05) is 18.3 Å². The molecule has 0 aromatic heterocycles. The molecule has 0 saturated carbocycles. The summed E-state index contributed by atoms with van der Waals surface area (Å²) in [6.07, 6.45) is 0. The van der Waals surface area contributed by atoms with E-state index >= 15 is 0 Å². The topological polar surface area (TPSA) is 84.5 Å². The highest BCUT2D eigenvalue weighted by atomic mass is 16.5. The van der Waals surface area contributed by atoms with Gasteiger partial charge in [0.2, 0.25) is 5.91 Å². The van der Waals surface area contributed by atoms with Gasteiger partial charge in [-0.05, 0) is 31.2 Å². The minimum absolute atomic E-state index is 0.147. The lowest BCUT2D eigenvalue weighted by atomic mass is 10.2. The van der Waals surface area contributed by atoms with Crippen LogP contribution in [-0.2, 0) is 19.1 Å². The Morgan fingerprint density at radius 1 is 1.06 bits per heavy atom. The van der Waals surface area contributed by atoms with E-state index in [0.717, 1.165) is 0 Å². The summed E-state index contributed by atoms with van der Waals surface area (Å²) in [7, 11) is 0. The van der Waals surface area contributed by atoms with Crippen molar-refractivity contribution in [1.29, 1.82) is 0 Å². The number of carbonyl (C=O) groups is 3. The molecule has 1 aromatic carbocycles. The van der Waals surface area contributed by atoms with Gasteiger partial charge in [-0.2, -0.15) is 0 Å². The molecule has 1 rings (SSSR count). The SMILES string of the molecule is CCOC(=O)C(=O)Nc1ccc(NC(C)=O)cc1. The van der Waals surface area contributed by atoms with Crippen molar-refractivity contribution in [3.63, 3.8) is 0 Å². The Morgan fingerprint density at radius 3 is 2.00 bits per heavy atom. The number of ether oxygens (including phenoxy) is 1. The van der Waals surface area contributed by atoms with Crippen molar-refractivity contribution in [2.24, 2.45) is 0 Å². The molecule has 1 aromatic rings. The molecule has 0 heterocycles. The molecule has 0 saturated heterocycles. The zero-order chi connectivity index (χ0) is 13.5. The van der Waals surface area contributed by atoms with E-state index in [-0.39, 0.29) is 12.5 Å². The van der Waals surface area contributed by atoms with Gasteiger partial charge in [-0.3, -0.25) is 9.59 Å².